The lowest BCUT2D eigenvalue weighted by molar-refractivity contribution is 1.07. The second-order valence-electron chi connectivity index (χ2n) is 14.4. The molecule has 0 unspecified atom stereocenters. The van der Waals surface area contributed by atoms with Crippen molar-refractivity contribution in [3.63, 3.8) is 0 Å². The molecular weight excluding hydrogens is 693 g/mol. The van der Waals surface area contributed by atoms with Gasteiger partial charge in [-0.25, -0.2) is 15.0 Å². The SMILES string of the molecule is c1ccc(-c2ccc3c(c2)-c2cccc4c(-c5ccc(-c6nc(-c7ccccc7)nc(-c7ccc8ccccc8c7)n6)cc5)ccc(c24)N3c2ccccc2)cc1. The molecule has 1 aliphatic rings. The van der Waals surface area contributed by atoms with Crippen molar-refractivity contribution >= 4 is 38.6 Å². The molecule has 0 N–H and O–H groups in total. The fourth-order valence-electron chi connectivity index (χ4n) is 8.27. The largest absolute Gasteiger partial charge is 0.309 e. The highest BCUT2D eigenvalue weighted by Crippen LogP contribution is 2.53. The van der Waals surface area contributed by atoms with Crippen molar-refractivity contribution in [2.24, 2.45) is 0 Å². The van der Waals surface area contributed by atoms with E-state index in [2.05, 4.69) is 181 Å². The van der Waals surface area contributed by atoms with Gasteiger partial charge in [0.05, 0.1) is 11.4 Å². The Morgan fingerprint density at radius 2 is 0.860 bits per heavy atom. The zero-order valence-corrected chi connectivity index (χ0v) is 30.9. The van der Waals surface area contributed by atoms with Crippen LogP contribution in [0.15, 0.2) is 206 Å². The minimum atomic E-state index is 0.639. The summed E-state index contributed by atoms with van der Waals surface area (Å²) in [5.74, 6) is 1.94. The summed E-state index contributed by atoms with van der Waals surface area (Å²) in [6, 6.07) is 73.0. The molecule has 0 atom stereocenters. The minimum Gasteiger partial charge on any atom is -0.309 e. The molecule has 1 aliphatic heterocycles. The van der Waals surface area contributed by atoms with Crippen LogP contribution in [0.1, 0.15) is 0 Å². The highest BCUT2D eigenvalue weighted by molar-refractivity contribution is 6.17. The Balaban J connectivity index is 1.04. The second-order valence-corrected chi connectivity index (χ2v) is 14.4. The molecule has 0 aliphatic carbocycles. The van der Waals surface area contributed by atoms with Crippen LogP contribution in [0.25, 0.3) is 89.1 Å². The quantitative estimate of drug-likeness (QED) is 0.171. The molecule has 4 heteroatoms. The third-order valence-electron chi connectivity index (χ3n) is 11.0. The lowest BCUT2D eigenvalue weighted by Gasteiger charge is -2.34. The van der Waals surface area contributed by atoms with Crippen molar-refractivity contribution in [2.75, 3.05) is 4.90 Å². The Bertz CT molecular complexity index is 3110. The van der Waals surface area contributed by atoms with Crippen molar-refractivity contribution in [3.8, 4) is 67.5 Å². The van der Waals surface area contributed by atoms with E-state index in [4.69, 9.17) is 15.0 Å². The van der Waals surface area contributed by atoms with Crippen LogP contribution >= 0.6 is 0 Å². The smallest absolute Gasteiger partial charge is 0.164 e. The number of nitrogens with zero attached hydrogens (tertiary/aromatic N) is 4. The lowest BCUT2D eigenvalue weighted by atomic mass is 9.86. The van der Waals surface area contributed by atoms with Crippen molar-refractivity contribution in [3.05, 3.63) is 206 Å². The fourth-order valence-corrected chi connectivity index (χ4v) is 8.27. The molecule has 266 valence electrons. The lowest BCUT2D eigenvalue weighted by Crippen LogP contribution is -2.15. The first kappa shape index (κ1) is 32.7. The van der Waals surface area contributed by atoms with Gasteiger partial charge in [0.1, 0.15) is 0 Å². The molecule has 0 fully saturated rings. The summed E-state index contributed by atoms with van der Waals surface area (Å²) in [6.45, 7) is 0. The van der Waals surface area contributed by atoms with Crippen LogP contribution in [0.4, 0.5) is 17.1 Å². The van der Waals surface area contributed by atoms with Gasteiger partial charge in [-0.2, -0.15) is 0 Å². The van der Waals surface area contributed by atoms with Crippen molar-refractivity contribution in [1.82, 2.24) is 15.0 Å². The summed E-state index contributed by atoms with van der Waals surface area (Å²) in [5, 5.41) is 4.78. The van der Waals surface area contributed by atoms with Crippen molar-refractivity contribution < 1.29 is 0 Å². The highest BCUT2D eigenvalue weighted by atomic mass is 15.2. The molecular formula is C53H34N4. The van der Waals surface area contributed by atoms with E-state index in [1.54, 1.807) is 0 Å². The summed E-state index contributed by atoms with van der Waals surface area (Å²) in [5.41, 5.74) is 13.5. The van der Waals surface area contributed by atoms with E-state index >= 15 is 0 Å². The second kappa shape index (κ2) is 13.6. The van der Waals surface area contributed by atoms with Crippen LogP contribution in [-0.4, -0.2) is 15.0 Å². The third-order valence-corrected chi connectivity index (χ3v) is 11.0. The number of anilines is 3. The Labute approximate surface area is 331 Å². The monoisotopic (exact) mass is 726 g/mol. The van der Waals surface area contributed by atoms with Gasteiger partial charge in [0.25, 0.3) is 0 Å². The molecule has 0 spiro atoms. The van der Waals surface area contributed by atoms with Gasteiger partial charge < -0.3 is 4.90 Å². The van der Waals surface area contributed by atoms with Gasteiger partial charge >= 0.3 is 0 Å². The third kappa shape index (κ3) is 5.74. The molecule has 0 radical (unpaired) electrons. The van der Waals surface area contributed by atoms with Gasteiger partial charge in [0.15, 0.2) is 17.5 Å². The first-order valence-electron chi connectivity index (χ1n) is 19.3. The van der Waals surface area contributed by atoms with E-state index in [1.165, 1.54) is 55.4 Å². The van der Waals surface area contributed by atoms with Crippen molar-refractivity contribution in [1.29, 1.82) is 0 Å². The molecule has 9 aromatic carbocycles. The van der Waals surface area contributed by atoms with Crippen LogP contribution in [0.2, 0.25) is 0 Å². The topological polar surface area (TPSA) is 41.9 Å². The van der Waals surface area contributed by atoms with E-state index < -0.39 is 0 Å². The molecule has 10 aromatic rings. The Hall–Kier alpha value is -7.69. The summed E-state index contributed by atoms with van der Waals surface area (Å²) in [6.07, 6.45) is 0. The summed E-state index contributed by atoms with van der Waals surface area (Å²) in [7, 11) is 0. The van der Waals surface area contributed by atoms with Gasteiger partial charge in [0.2, 0.25) is 0 Å². The minimum absolute atomic E-state index is 0.639. The zero-order chi connectivity index (χ0) is 37.7. The van der Waals surface area contributed by atoms with Gasteiger partial charge in [-0.1, -0.05) is 170 Å². The molecule has 0 saturated heterocycles. The molecule has 0 amide bonds. The molecule has 0 saturated carbocycles. The van der Waals surface area contributed by atoms with Crippen LogP contribution < -0.4 is 4.90 Å². The molecule has 57 heavy (non-hydrogen) atoms. The Kier molecular flexibility index (Phi) is 7.78. The van der Waals surface area contributed by atoms with Gasteiger partial charge in [0, 0.05) is 33.3 Å². The number of fused-ring (bicyclic) bond motifs is 3. The first-order chi connectivity index (χ1) is 28.2. The summed E-state index contributed by atoms with van der Waals surface area (Å²) < 4.78 is 0. The van der Waals surface area contributed by atoms with E-state index in [9.17, 15) is 0 Å². The maximum absolute atomic E-state index is 5.06. The number of aromatic nitrogens is 3. The maximum Gasteiger partial charge on any atom is 0.164 e. The molecule has 11 rings (SSSR count). The Morgan fingerprint density at radius 3 is 1.60 bits per heavy atom. The van der Waals surface area contributed by atoms with Gasteiger partial charge in [-0.3, -0.25) is 0 Å². The van der Waals surface area contributed by atoms with Crippen LogP contribution in [0.3, 0.4) is 0 Å². The summed E-state index contributed by atoms with van der Waals surface area (Å²) in [4.78, 5) is 17.5. The van der Waals surface area contributed by atoms with Gasteiger partial charge in [-0.05, 0) is 80.4 Å². The van der Waals surface area contributed by atoms with E-state index in [1.807, 2.05) is 30.3 Å². The van der Waals surface area contributed by atoms with E-state index in [0.29, 0.717) is 17.5 Å². The van der Waals surface area contributed by atoms with E-state index in [-0.39, 0.29) is 0 Å². The van der Waals surface area contributed by atoms with Crippen LogP contribution in [0, 0.1) is 0 Å². The van der Waals surface area contributed by atoms with Gasteiger partial charge in [-0.15, -0.1) is 0 Å². The first-order valence-corrected chi connectivity index (χ1v) is 19.3. The molecule has 1 aromatic heterocycles. The number of para-hydroxylation sites is 1. The Morgan fingerprint density at radius 1 is 0.298 bits per heavy atom. The normalized spacial score (nSPS) is 11.8. The summed E-state index contributed by atoms with van der Waals surface area (Å²) >= 11 is 0. The number of hydrogen-bond acceptors (Lipinski definition) is 4. The standard InChI is InChI=1S/C53H34N4/c1-4-13-35(14-5-1)41-29-31-48-47(34-41)46-22-12-21-45-44(30-32-49(50(45)46)57(48)43-19-8-3-9-20-43)37-24-26-39(27-25-37)52-54-51(38-16-6-2-7-17-38)55-53(56-52)42-28-23-36-15-10-11-18-40(36)33-42/h1-34H. The molecule has 4 nitrogen and oxygen atoms in total. The predicted octanol–water partition coefficient (Wildman–Crippen LogP) is 14.0. The highest BCUT2D eigenvalue weighted by Gasteiger charge is 2.27. The molecule has 0 bridgehead atoms. The average molecular weight is 727 g/mol. The number of benzene rings is 9. The molecule has 2 heterocycles. The zero-order valence-electron chi connectivity index (χ0n) is 30.9. The van der Waals surface area contributed by atoms with Crippen LogP contribution in [0.5, 0.6) is 0 Å². The maximum atomic E-state index is 5.06. The predicted molar refractivity (Wildman–Crippen MR) is 236 cm³/mol. The van der Waals surface area contributed by atoms with Crippen LogP contribution in [-0.2, 0) is 0 Å². The fraction of sp³-hybridized carbons (Fsp3) is 0. The number of hydrogen-bond donors (Lipinski definition) is 0. The average Bonchev–Trinajstić information content (AvgIpc) is 3.30. The van der Waals surface area contributed by atoms with Crippen molar-refractivity contribution in [2.45, 2.75) is 0 Å². The van der Waals surface area contributed by atoms with E-state index in [0.717, 1.165) is 33.3 Å². The number of rotatable bonds is 6.